The van der Waals surface area contributed by atoms with E-state index < -0.39 is 5.97 Å². The number of hydrogen-bond donors (Lipinski definition) is 1. The van der Waals surface area contributed by atoms with Gasteiger partial charge in [-0.1, -0.05) is 0 Å². The lowest BCUT2D eigenvalue weighted by Gasteiger charge is -2.11. The third kappa shape index (κ3) is 2.16. The lowest BCUT2D eigenvalue weighted by molar-refractivity contribution is 0.0697. The van der Waals surface area contributed by atoms with Gasteiger partial charge in [0.1, 0.15) is 11.6 Å². The summed E-state index contributed by atoms with van der Waals surface area (Å²) in [5, 5.41) is 9.02. The van der Waals surface area contributed by atoms with Gasteiger partial charge in [0.05, 0.1) is 22.3 Å². The Morgan fingerprint density at radius 1 is 1.19 bits per heavy atom. The second kappa shape index (κ2) is 4.70. The number of carboxylic acids is 1. The van der Waals surface area contributed by atoms with E-state index in [2.05, 4.69) is 4.98 Å². The van der Waals surface area contributed by atoms with Crippen LogP contribution in [0.5, 0.6) is 0 Å². The molecular weight excluding hydrogens is 271 g/mol. The van der Waals surface area contributed by atoms with Crippen LogP contribution < -0.4 is 0 Å². The smallest absolute Gasteiger partial charge is 0.335 e. The van der Waals surface area contributed by atoms with Crippen LogP contribution in [0, 0.1) is 19.7 Å². The molecule has 0 saturated heterocycles. The number of aryl methyl sites for hydroxylation is 2. The number of nitrogens with zero attached hydrogens (tertiary/aromatic N) is 2. The van der Waals surface area contributed by atoms with Crippen LogP contribution in [0.25, 0.3) is 16.7 Å². The van der Waals surface area contributed by atoms with E-state index in [-0.39, 0.29) is 11.4 Å². The van der Waals surface area contributed by atoms with Gasteiger partial charge in [-0.3, -0.25) is 4.57 Å². The highest BCUT2D eigenvalue weighted by Crippen LogP contribution is 2.25. The van der Waals surface area contributed by atoms with Crippen molar-refractivity contribution in [1.82, 2.24) is 9.55 Å². The second-order valence-electron chi connectivity index (χ2n) is 4.93. The van der Waals surface area contributed by atoms with Gasteiger partial charge in [-0.05, 0) is 49.7 Å². The zero-order valence-corrected chi connectivity index (χ0v) is 11.6. The largest absolute Gasteiger partial charge is 0.478 e. The topological polar surface area (TPSA) is 55.1 Å². The number of imidazole rings is 1. The number of halogens is 1. The molecule has 1 N–H and O–H groups in total. The molecule has 21 heavy (non-hydrogen) atoms. The van der Waals surface area contributed by atoms with Crippen molar-refractivity contribution in [3.8, 4) is 5.69 Å². The Bertz CT molecular complexity index is 868. The molecule has 0 unspecified atom stereocenters. The third-order valence-corrected chi connectivity index (χ3v) is 3.47. The molecule has 2 aromatic carbocycles. The van der Waals surface area contributed by atoms with E-state index in [1.165, 1.54) is 18.2 Å². The molecule has 0 amide bonds. The summed E-state index contributed by atoms with van der Waals surface area (Å²) in [6, 6.07) is 9.30. The summed E-state index contributed by atoms with van der Waals surface area (Å²) in [4.78, 5) is 15.4. The van der Waals surface area contributed by atoms with Crippen LogP contribution in [0.4, 0.5) is 4.39 Å². The normalized spacial score (nSPS) is 11.0. The minimum atomic E-state index is -0.970. The Morgan fingerprint density at radius 3 is 2.62 bits per heavy atom. The number of benzene rings is 2. The van der Waals surface area contributed by atoms with Crippen LogP contribution in [0.3, 0.4) is 0 Å². The van der Waals surface area contributed by atoms with Gasteiger partial charge in [0, 0.05) is 6.07 Å². The Kier molecular flexibility index (Phi) is 2.97. The molecule has 0 saturated carbocycles. The van der Waals surface area contributed by atoms with E-state index in [0.29, 0.717) is 11.0 Å². The molecule has 3 rings (SSSR count). The number of aromatic carboxylic acids is 1. The van der Waals surface area contributed by atoms with Crippen molar-refractivity contribution in [2.75, 3.05) is 0 Å². The molecule has 106 valence electrons. The van der Waals surface area contributed by atoms with E-state index in [1.54, 1.807) is 18.2 Å². The maximum absolute atomic E-state index is 13.5. The standard InChI is InChI=1S/C16H13FN2O2/c1-9-7-11(16(20)21)3-6-14(9)19-10(2)18-13-5-4-12(17)8-15(13)19/h3-8H,1-2H3,(H,20,21). The zero-order valence-electron chi connectivity index (χ0n) is 11.6. The summed E-state index contributed by atoms with van der Waals surface area (Å²) in [6.45, 7) is 3.66. The van der Waals surface area contributed by atoms with E-state index in [1.807, 2.05) is 18.4 Å². The van der Waals surface area contributed by atoms with Gasteiger partial charge in [0.25, 0.3) is 0 Å². The highest BCUT2D eigenvalue weighted by atomic mass is 19.1. The predicted molar refractivity (Wildman–Crippen MR) is 77.5 cm³/mol. The average Bonchev–Trinajstić information content (AvgIpc) is 2.74. The van der Waals surface area contributed by atoms with Gasteiger partial charge in [-0.2, -0.15) is 0 Å². The first-order valence-electron chi connectivity index (χ1n) is 6.46. The Hall–Kier alpha value is -2.69. The van der Waals surface area contributed by atoms with Crippen molar-refractivity contribution in [3.05, 3.63) is 59.2 Å². The fourth-order valence-electron chi connectivity index (χ4n) is 2.51. The first-order valence-corrected chi connectivity index (χ1v) is 6.46. The molecule has 1 heterocycles. The Labute approximate surface area is 120 Å². The number of rotatable bonds is 2. The molecule has 1 aromatic heterocycles. The quantitative estimate of drug-likeness (QED) is 0.783. The maximum atomic E-state index is 13.5. The number of carbonyl (C=O) groups is 1. The maximum Gasteiger partial charge on any atom is 0.335 e. The van der Waals surface area contributed by atoms with Crippen LogP contribution >= 0.6 is 0 Å². The van der Waals surface area contributed by atoms with E-state index >= 15 is 0 Å². The summed E-state index contributed by atoms with van der Waals surface area (Å²) in [5.74, 6) is -0.576. The molecule has 0 spiro atoms. The molecular formula is C16H13FN2O2. The van der Waals surface area contributed by atoms with Gasteiger partial charge in [0.2, 0.25) is 0 Å². The molecule has 0 atom stereocenters. The molecule has 0 aliphatic rings. The molecule has 0 aliphatic heterocycles. The molecule has 0 fully saturated rings. The highest BCUT2D eigenvalue weighted by Gasteiger charge is 2.13. The third-order valence-electron chi connectivity index (χ3n) is 3.47. The molecule has 5 heteroatoms. The first-order chi connectivity index (χ1) is 9.97. The van der Waals surface area contributed by atoms with Crippen LogP contribution in [0.2, 0.25) is 0 Å². The van der Waals surface area contributed by atoms with Crippen molar-refractivity contribution in [1.29, 1.82) is 0 Å². The molecule has 3 aromatic rings. The average molecular weight is 284 g/mol. The SMILES string of the molecule is Cc1cc(C(=O)O)ccc1-n1c(C)nc2ccc(F)cc21. The lowest BCUT2D eigenvalue weighted by atomic mass is 10.1. The minimum Gasteiger partial charge on any atom is -0.478 e. The van der Waals surface area contributed by atoms with Crippen molar-refractivity contribution in [2.24, 2.45) is 0 Å². The minimum absolute atomic E-state index is 0.226. The van der Waals surface area contributed by atoms with Gasteiger partial charge in [-0.25, -0.2) is 14.2 Å². The van der Waals surface area contributed by atoms with Crippen molar-refractivity contribution in [3.63, 3.8) is 0 Å². The van der Waals surface area contributed by atoms with Gasteiger partial charge >= 0.3 is 5.97 Å². The van der Waals surface area contributed by atoms with Gasteiger partial charge in [-0.15, -0.1) is 0 Å². The van der Waals surface area contributed by atoms with E-state index in [0.717, 1.165) is 17.1 Å². The molecule has 0 aliphatic carbocycles. The Balaban J connectivity index is 2.27. The second-order valence-corrected chi connectivity index (χ2v) is 4.93. The number of fused-ring (bicyclic) bond motifs is 1. The van der Waals surface area contributed by atoms with Crippen LogP contribution in [-0.4, -0.2) is 20.6 Å². The van der Waals surface area contributed by atoms with Crippen molar-refractivity contribution < 1.29 is 14.3 Å². The zero-order chi connectivity index (χ0) is 15.1. The fourth-order valence-corrected chi connectivity index (χ4v) is 2.51. The van der Waals surface area contributed by atoms with Crippen LogP contribution in [0.1, 0.15) is 21.7 Å². The summed E-state index contributed by atoms with van der Waals surface area (Å²) in [7, 11) is 0. The predicted octanol–water partition coefficient (Wildman–Crippen LogP) is 3.48. The molecule has 4 nitrogen and oxygen atoms in total. The summed E-state index contributed by atoms with van der Waals surface area (Å²) in [6.07, 6.45) is 0. The van der Waals surface area contributed by atoms with Crippen molar-refractivity contribution in [2.45, 2.75) is 13.8 Å². The van der Waals surface area contributed by atoms with E-state index in [4.69, 9.17) is 5.11 Å². The van der Waals surface area contributed by atoms with Crippen molar-refractivity contribution >= 4 is 17.0 Å². The molecule has 0 bridgehead atoms. The number of aromatic nitrogens is 2. The van der Waals surface area contributed by atoms with Crippen LogP contribution in [-0.2, 0) is 0 Å². The monoisotopic (exact) mass is 284 g/mol. The summed E-state index contributed by atoms with van der Waals surface area (Å²) in [5.41, 5.74) is 3.19. The summed E-state index contributed by atoms with van der Waals surface area (Å²) >= 11 is 0. The number of carboxylic acid groups (broad SMARTS) is 1. The first kappa shape index (κ1) is 13.3. The highest BCUT2D eigenvalue weighted by molar-refractivity contribution is 5.88. The fraction of sp³-hybridized carbons (Fsp3) is 0.125. The number of hydrogen-bond acceptors (Lipinski definition) is 2. The van der Waals surface area contributed by atoms with Gasteiger partial charge in [0.15, 0.2) is 0 Å². The Morgan fingerprint density at radius 2 is 1.95 bits per heavy atom. The van der Waals surface area contributed by atoms with Crippen LogP contribution in [0.15, 0.2) is 36.4 Å². The van der Waals surface area contributed by atoms with Gasteiger partial charge < -0.3 is 5.11 Å². The molecule has 0 radical (unpaired) electrons. The lowest BCUT2D eigenvalue weighted by Crippen LogP contribution is -2.03. The van der Waals surface area contributed by atoms with E-state index in [9.17, 15) is 9.18 Å². The summed E-state index contributed by atoms with van der Waals surface area (Å²) < 4.78 is 15.3.